The summed E-state index contributed by atoms with van der Waals surface area (Å²) < 4.78 is 5.65. The van der Waals surface area contributed by atoms with Crippen LogP contribution < -0.4 is 10.4 Å². The number of hydrogen-bond donors (Lipinski definition) is 2. The first kappa shape index (κ1) is 12.4. The molecule has 0 amide bonds. The quantitative estimate of drug-likeness (QED) is 0.800. The standard InChI is InChI=1S/C14H17NO4/c16-12-7-19-13-6-11(12)15-10-3-1-8(5-9(10)13)2-4-14(17)18/h1,3,5,11-13,15-16H,2,4,6-7H2,(H,17,18)/p-1/t11-,12-,13-/m1/s1. The number of benzene rings is 1. The number of anilines is 1. The molecular weight excluding hydrogens is 246 g/mol. The molecule has 1 aromatic rings. The Morgan fingerprint density at radius 2 is 2.37 bits per heavy atom. The highest BCUT2D eigenvalue weighted by atomic mass is 16.5. The number of aliphatic hydroxyl groups excluding tert-OH is 1. The highest BCUT2D eigenvalue weighted by Gasteiger charge is 2.36. The molecule has 5 heteroatoms. The minimum absolute atomic E-state index is 0.00690. The summed E-state index contributed by atoms with van der Waals surface area (Å²) >= 11 is 0. The van der Waals surface area contributed by atoms with Gasteiger partial charge in [0.15, 0.2) is 0 Å². The van der Waals surface area contributed by atoms with E-state index in [2.05, 4.69) is 5.32 Å². The van der Waals surface area contributed by atoms with Crippen molar-refractivity contribution in [3.05, 3.63) is 29.3 Å². The second-order valence-electron chi connectivity index (χ2n) is 5.17. The van der Waals surface area contributed by atoms with Gasteiger partial charge in [-0.1, -0.05) is 12.1 Å². The largest absolute Gasteiger partial charge is 0.550 e. The molecule has 0 aromatic heterocycles. The molecule has 0 saturated carbocycles. The van der Waals surface area contributed by atoms with Crippen molar-refractivity contribution in [2.75, 3.05) is 11.9 Å². The summed E-state index contributed by atoms with van der Waals surface area (Å²) in [5.74, 6) is -1.03. The molecule has 3 atom stereocenters. The van der Waals surface area contributed by atoms with Gasteiger partial charge in [0.2, 0.25) is 0 Å². The molecule has 2 aliphatic heterocycles. The van der Waals surface area contributed by atoms with Crippen molar-refractivity contribution < 1.29 is 19.7 Å². The predicted octanol–water partition coefficient (Wildman–Crippen LogP) is -0.0145. The third-order valence-electron chi connectivity index (χ3n) is 3.82. The Morgan fingerprint density at radius 3 is 3.16 bits per heavy atom. The third kappa shape index (κ3) is 2.43. The molecule has 1 fully saturated rings. The number of aryl methyl sites for hydroxylation is 1. The molecule has 0 radical (unpaired) electrons. The molecule has 1 aromatic carbocycles. The SMILES string of the molecule is O=C([O-])CCc1ccc2c(c1)[C@H]1C[C@@H](N2)[C@H](O)CO1. The summed E-state index contributed by atoms with van der Waals surface area (Å²) in [6, 6.07) is 5.87. The van der Waals surface area contributed by atoms with Crippen molar-refractivity contribution in [1.82, 2.24) is 0 Å². The fourth-order valence-corrected chi connectivity index (χ4v) is 2.77. The lowest BCUT2D eigenvalue weighted by Crippen LogP contribution is -2.45. The van der Waals surface area contributed by atoms with Crippen molar-refractivity contribution in [3.8, 4) is 0 Å². The molecule has 3 rings (SSSR count). The summed E-state index contributed by atoms with van der Waals surface area (Å²) in [5, 5.41) is 23.6. The van der Waals surface area contributed by atoms with Crippen molar-refractivity contribution in [2.45, 2.75) is 37.5 Å². The van der Waals surface area contributed by atoms with E-state index in [0.29, 0.717) is 13.0 Å². The summed E-state index contributed by atoms with van der Waals surface area (Å²) in [6.45, 7) is 0.338. The van der Waals surface area contributed by atoms with Gasteiger partial charge in [-0.15, -0.1) is 0 Å². The van der Waals surface area contributed by atoms with Gasteiger partial charge in [-0.3, -0.25) is 0 Å². The molecule has 1 saturated heterocycles. The van der Waals surface area contributed by atoms with E-state index in [1.165, 1.54) is 0 Å². The Balaban J connectivity index is 1.83. The second-order valence-corrected chi connectivity index (χ2v) is 5.17. The van der Waals surface area contributed by atoms with Gasteiger partial charge >= 0.3 is 0 Å². The zero-order valence-electron chi connectivity index (χ0n) is 10.5. The van der Waals surface area contributed by atoms with E-state index in [1.807, 2.05) is 18.2 Å². The number of hydrogen-bond acceptors (Lipinski definition) is 5. The lowest BCUT2D eigenvalue weighted by atomic mass is 9.88. The minimum atomic E-state index is -1.03. The number of nitrogens with one attached hydrogen (secondary N) is 1. The lowest BCUT2D eigenvalue weighted by Gasteiger charge is -2.40. The molecule has 19 heavy (non-hydrogen) atoms. The van der Waals surface area contributed by atoms with E-state index < -0.39 is 12.1 Å². The number of fused-ring (bicyclic) bond motifs is 4. The predicted molar refractivity (Wildman–Crippen MR) is 66.5 cm³/mol. The third-order valence-corrected chi connectivity index (χ3v) is 3.82. The highest BCUT2D eigenvalue weighted by molar-refractivity contribution is 5.65. The summed E-state index contributed by atoms with van der Waals surface area (Å²) in [6.07, 6.45) is 0.765. The number of aliphatic hydroxyl groups is 1. The summed E-state index contributed by atoms with van der Waals surface area (Å²) in [7, 11) is 0. The van der Waals surface area contributed by atoms with E-state index in [1.54, 1.807) is 0 Å². The van der Waals surface area contributed by atoms with Gasteiger partial charge in [0.1, 0.15) is 0 Å². The van der Waals surface area contributed by atoms with Crippen molar-refractivity contribution in [2.24, 2.45) is 0 Å². The molecule has 2 N–H and O–H groups in total. The molecule has 2 bridgehead atoms. The van der Waals surface area contributed by atoms with Crippen molar-refractivity contribution in [3.63, 3.8) is 0 Å². The normalized spacial score (nSPS) is 28.4. The molecule has 102 valence electrons. The molecular formula is C14H16NO4-. The minimum Gasteiger partial charge on any atom is -0.550 e. The topological polar surface area (TPSA) is 81.6 Å². The van der Waals surface area contributed by atoms with Gasteiger partial charge in [0, 0.05) is 23.6 Å². The van der Waals surface area contributed by atoms with Gasteiger partial charge in [-0.05, 0) is 24.5 Å². The second kappa shape index (κ2) is 4.83. The van der Waals surface area contributed by atoms with Crippen LogP contribution in [0.15, 0.2) is 18.2 Å². The number of carbonyl (C=O) groups excluding carboxylic acids is 1. The fraction of sp³-hybridized carbons (Fsp3) is 0.500. The van der Waals surface area contributed by atoms with E-state index in [9.17, 15) is 15.0 Å². The first-order valence-electron chi connectivity index (χ1n) is 6.52. The summed E-state index contributed by atoms with van der Waals surface area (Å²) in [4.78, 5) is 10.5. The van der Waals surface area contributed by atoms with Crippen LogP contribution >= 0.6 is 0 Å². The van der Waals surface area contributed by atoms with Gasteiger partial charge in [0.25, 0.3) is 0 Å². The maximum absolute atomic E-state index is 10.5. The van der Waals surface area contributed by atoms with Crippen LogP contribution in [0.25, 0.3) is 0 Å². The Kier molecular flexibility index (Phi) is 3.16. The maximum Gasteiger partial charge on any atom is 0.0975 e. The molecule has 0 unspecified atom stereocenters. The number of aliphatic carboxylic acids is 1. The van der Waals surface area contributed by atoms with Crippen molar-refractivity contribution >= 4 is 11.7 Å². The number of ether oxygens (including phenoxy) is 1. The molecule has 0 spiro atoms. The van der Waals surface area contributed by atoms with Crippen molar-refractivity contribution in [1.29, 1.82) is 0 Å². The Labute approximate surface area is 111 Å². The van der Waals surface area contributed by atoms with Gasteiger partial charge in [-0.25, -0.2) is 0 Å². The zero-order valence-corrected chi connectivity index (χ0v) is 10.5. The average Bonchev–Trinajstić information content (AvgIpc) is 2.41. The number of carboxylic acids is 1. The number of carboxylic acid groups (broad SMARTS) is 1. The van der Waals surface area contributed by atoms with E-state index in [-0.39, 0.29) is 18.6 Å². The Bertz CT molecular complexity index is 502. The van der Waals surface area contributed by atoms with Crippen LogP contribution in [0.5, 0.6) is 0 Å². The van der Waals surface area contributed by atoms with Gasteiger partial charge < -0.3 is 25.1 Å². The van der Waals surface area contributed by atoms with E-state index in [4.69, 9.17) is 4.74 Å². The fourth-order valence-electron chi connectivity index (χ4n) is 2.77. The molecule has 0 aliphatic carbocycles. The van der Waals surface area contributed by atoms with E-state index in [0.717, 1.165) is 23.2 Å². The van der Waals surface area contributed by atoms with E-state index >= 15 is 0 Å². The molecule has 2 aliphatic rings. The zero-order chi connectivity index (χ0) is 13.4. The van der Waals surface area contributed by atoms with Crippen LogP contribution in [0.3, 0.4) is 0 Å². The first-order chi connectivity index (χ1) is 9.13. The van der Waals surface area contributed by atoms with Crippen LogP contribution in [0, 0.1) is 0 Å². The van der Waals surface area contributed by atoms with Crippen LogP contribution in [-0.4, -0.2) is 29.8 Å². The first-order valence-corrected chi connectivity index (χ1v) is 6.52. The summed E-state index contributed by atoms with van der Waals surface area (Å²) in [5.41, 5.74) is 2.99. The maximum atomic E-state index is 10.5. The van der Waals surface area contributed by atoms with Gasteiger partial charge in [-0.2, -0.15) is 0 Å². The Morgan fingerprint density at radius 1 is 1.53 bits per heavy atom. The van der Waals surface area contributed by atoms with Crippen LogP contribution in [-0.2, 0) is 16.0 Å². The molecule has 2 heterocycles. The number of carbonyl (C=O) groups is 1. The average molecular weight is 262 g/mol. The molecule has 5 nitrogen and oxygen atoms in total. The number of rotatable bonds is 3. The monoisotopic (exact) mass is 262 g/mol. The lowest BCUT2D eigenvalue weighted by molar-refractivity contribution is -0.305. The van der Waals surface area contributed by atoms with Crippen LogP contribution in [0.2, 0.25) is 0 Å². The van der Waals surface area contributed by atoms with Crippen LogP contribution in [0.1, 0.15) is 30.1 Å². The van der Waals surface area contributed by atoms with Gasteiger partial charge in [0.05, 0.1) is 24.9 Å². The highest BCUT2D eigenvalue weighted by Crippen LogP contribution is 2.39. The Hall–Kier alpha value is -1.59. The van der Waals surface area contributed by atoms with Crippen LogP contribution in [0.4, 0.5) is 5.69 Å². The smallest absolute Gasteiger partial charge is 0.0975 e.